The summed E-state index contributed by atoms with van der Waals surface area (Å²) in [5, 5.41) is 25.8. The summed E-state index contributed by atoms with van der Waals surface area (Å²) in [5.41, 5.74) is -1.57. The van der Waals surface area contributed by atoms with E-state index in [2.05, 4.69) is 10.4 Å². The Bertz CT molecular complexity index is 437. The molecule has 0 bridgehead atoms. The lowest BCUT2D eigenvalue weighted by Crippen LogP contribution is -2.40. The zero-order chi connectivity index (χ0) is 12.5. The van der Waals surface area contributed by atoms with Crippen molar-refractivity contribution in [1.29, 1.82) is 0 Å². The zero-order valence-corrected chi connectivity index (χ0v) is 9.09. The summed E-state index contributed by atoms with van der Waals surface area (Å²) in [6.45, 7) is 2.79. The quantitative estimate of drug-likeness (QED) is 0.576. The van der Waals surface area contributed by atoms with E-state index in [4.69, 9.17) is 5.11 Å². The van der Waals surface area contributed by atoms with Crippen LogP contribution in [-0.4, -0.2) is 31.3 Å². The number of aryl methyl sites for hydroxylation is 1. The summed E-state index contributed by atoms with van der Waals surface area (Å²) in [6, 6.07) is 0. The van der Waals surface area contributed by atoms with E-state index in [0.717, 1.165) is 0 Å². The highest BCUT2D eigenvalue weighted by Gasteiger charge is 2.31. The molecule has 0 saturated carbocycles. The van der Waals surface area contributed by atoms with E-state index in [1.54, 1.807) is 0 Å². The molecule has 0 amide bonds. The molecule has 0 unspecified atom stereocenters. The molecule has 0 atom stereocenters. The third-order valence-electron chi connectivity index (χ3n) is 1.97. The lowest BCUT2D eigenvalue weighted by atomic mass is 10.1. The molecule has 0 aromatic carbocycles. The summed E-state index contributed by atoms with van der Waals surface area (Å²) in [4.78, 5) is 20.9. The number of carboxylic acids is 1. The van der Waals surface area contributed by atoms with Crippen molar-refractivity contribution in [3.05, 3.63) is 16.3 Å². The van der Waals surface area contributed by atoms with Crippen LogP contribution in [0.1, 0.15) is 13.8 Å². The Hall–Kier alpha value is -2.12. The fourth-order valence-corrected chi connectivity index (χ4v) is 1.05. The van der Waals surface area contributed by atoms with Crippen LogP contribution in [0, 0.1) is 10.1 Å². The molecule has 1 rings (SSSR count). The molecular weight excluding hydrogens is 216 g/mol. The molecule has 0 aliphatic carbocycles. The van der Waals surface area contributed by atoms with Crippen molar-refractivity contribution in [2.75, 3.05) is 5.32 Å². The first-order valence-corrected chi connectivity index (χ1v) is 4.43. The van der Waals surface area contributed by atoms with E-state index in [9.17, 15) is 14.9 Å². The number of aromatic nitrogens is 2. The van der Waals surface area contributed by atoms with Crippen LogP contribution >= 0.6 is 0 Å². The van der Waals surface area contributed by atoms with Gasteiger partial charge >= 0.3 is 11.7 Å². The summed E-state index contributed by atoms with van der Waals surface area (Å²) in [7, 11) is 1.52. The molecule has 0 saturated heterocycles. The molecule has 1 heterocycles. The van der Waals surface area contributed by atoms with Gasteiger partial charge in [-0.05, 0) is 13.8 Å². The van der Waals surface area contributed by atoms with Crippen LogP contribution in [0.5, 0.6) is 0 Å². The number of carbonyl (C=O) groups is 1. The van der Waals surface area contributed by atoms with E-state index >= 15 is 0 Å². The van der Waals surface area contributed by atoms with Crippen molar-refractivity contribution in [1.82, 2.24) is 9.78 Å². The second-order valence-corrected chi connectivity index (χ2v) is 3.85. The van der Waals surface area contributed by atoms with E-state index in [1.165, 1.54) is 31.8 Å². The molecule has 0 spiro atoms. The number of aliphatic carboxylic acids is 1. The number of nitrogens with one attached hydrogen (secondary N) is 1. The Balaban J connectivity index is 3.06. The van der Waals surface area contributed by atoms with Gasteiger partial charge in [0, 0.05) is 7.05 Å². The number of nitro groups is 1. The van der Waals surface area contributed by atoms with Gasteiger partial charge in [0.1, 0.15) is 11.7 Å². The number of anilines is 1. The normalized spacial score (nSPS) is 11.2. The highest BCUT2D eigenvalue weighted by Crippen LogP contribution is 2.24. The fourth-order valence-electron chi connectivity index (χ4n) is 1.05. The van der Waals surface area contributed by atoms with Crippen LogP contribution in [0.25, 0.3) is 0 Å². The van der Waals surface area contributed by atoms with Gasteiger partial charge in [-0.3, -0.25) is 14.8 Å². The number of rotatable bonds is 4. The third-order valence-corrected chi connectivity index (χ3v) is 1.97. The molecule has 0 radical (unpaired) electrons. The van der Waals surface area contributed by atoms with Gasteiger partial charge in [-0.1, -0.05) is 0 Å². The van der Waals surface area contributed by atoms with Crippen molar-refractivity contribution in [2.24, 2.45) is 7.05 Å². The lowest BCUT2D eigenvalue weighted by molar-refractivity contribution is -0.384. The van der Waals surface area contributed by atoms with Crippen molar-refractivity contribution in [3.8, 4) is 0 Å². The maximum absolute atomic E-state index is 10.8. The van der Waals surface area contributed by atoms with E-state index in [0.29, 0.717) is 0 Å². The maximum atomic E-state index is 10.8. The van der Waals surface area contributed by atoms with Gasteiger partial charge in [-0.15, -0.1) is 5.10 Å². The zero-order valence-electron chi connectivity index (χ0n) is 9.09. The van der Waals surface area contributed by atoms with Crippen LogP contribution in [0.4, 0.5) is 11.5 Å². The Morgan fingerprint density at radius 3 is 2.69 bits per heavy atom. The van der Waals surface area contributed by atoms with Crippen LogP contribution < -0.4 is 5.32 Å². The van der Waals surface area contributed by atoms with Crippen molar-refractivity contribution >= 4 is 17.5 Å². The van der Waals surface area contributed by atoms with Crippen molar-refractivity contribution in [3.63, 3.8) is 0 Å². The average molecular weight is 228 g/mol. The molecule has 0 fully saturated rings. The molecule has 1 aromatic heterocycles. The van der Waals surface area contributed by atoms with Gasteiger partial charge in [0.05, 0.1) is 4.92 Å². The van der Waals surface area contributed by atoms with Gasteiger partial charge in [0.2, 0.25) is 5.82 Å². The van der Waals surface area contributed by atoms with E-state index in [1.807, 2.05) is 0 Å². The van der Waals surface area contributed by atoms with Gasteiger partial charge < -0.3 is 10.4 Å². The van der Waals surface area contributed by atoms with Crippen LogP contribution in [0.15, 0.2) is 6.20 Å². The molecule has 0 aliphatic heterocycles. The monoisotopic (exact) mass is 228 g/mol. The Kier molecular flexibility index (Phi) is 2.84. The number of nitrogens with zero attached hydrogens (tertiary/aromatic N) is 3. The minimum atomic E-state index is -1.32. The summed E-state index contributed by atoms with van der Waals surface area (Å²) >= 11 is 0. The molecule has 2 N–H and O–H groups in total. The minimum Gasteiger partial charge on any atom is -0.480 e. The number of hydrogen-bond acceptors (Lipinski definition) is 5. The highest BCUT2D eigenvalue weighted by molar-refractivity contribution is 5.82. The molecule has 8 heteroatoms. The summed E-state index contributed by atoms with van der Waals surface area (Å²) in [5.74, 6) is -1.17. The molecule has 1 aromatic rings. The SMILES string of the molecule is Cn1cc([N+](=O)[O-])c(NC(C)(C)C(=O)O)n1. The smallest absolute Gasteiger partial charge is 0.330 e. The lowest BCUT2D eigenvalue weighted by Gasteiger charge is -2.19. The molecule has 88 valence electrons. The molecule has 0 aliphatic rings. The number of hydrogen-bond donors (Lipinski definition) is 2. The summed E-state index contributed by atoms with van der Waals surface area (Å²) in [6.07, 6.45) is 1.21. The molecule has 8 nitrogen and oxygen atoms in total. The van der Waals surface area contributed by atoms with Gasteiger partial charge in [0.25, 0.3) is 0 Å². The van der Waals surface area contributed by atoms with Gasteiger partial charge in [-0.25, -0.2) is 4.79 Å². The maximum Gasteiger partial charge on any atom is 0.330 e. The largest absolute Gasteiger partial charge is 0.480 e. The van der Waals surface area contributed by atoms with Crippen LogP contribution in [-0.2, 0) is 11.8 Å². The summed E-state index contributed by atoms with van der Waals surface area (Å²) < 4.78 is 1.25. The molecule has 16 heavy (non-hydrogen) atoms. The third kappa shape index (κ3) is 2.27. The average Bonchev–Trinajstić information content (AvgIpc) is 2.45. The van der Waals surface area contributed by atoms with Gasteiger partial charge in [0.15, 0.2) is 0 Å². The second kappa shape index (κ2) is 3.80. The topological polar surface area (TPSA) is 110 Å². The fraction of sp³-hybridized carbons (Fsp3) is 0.500. The predicted molar refractivity (Wildman–Crippen MR) is 55.2 cm³/mol. The number of carboxylic acid groups (broad SMARTS) is 1. The minimum absolute atomic E-state index is 0.0556. The van der Waals surface area contributed by atoms with Crippen LogP contribution in [0.3, 0.4) is 0 Å². The van der Waals surface area contributed by atoms with Crippen molar-refractivity contribution in [2.45, 2.75) is 19.4 Å². The van der Waals surface area contributed by atoms with Crippen molar-refractivity contribution < 1.29 is 14.8 Å². The first-order chi connectivity index (χ1) is 7.24. The molecular formula is C8H12N4O4. The Labute approximate surface area is 91.0 Å². The first-order valence-electron chi connectivity index (χ1n) is 4.43. The second-order valence-electron chi connectivity index (χ2n) is 3.85. The van der Waals surface area contributed by atoms with E-state index in [-0.39, 0.29) is 11.5 Å². The van der Waals surface area contributed by atoms with E-state index < -0.39 is 16.4 Å². The highest BCUT2D eigenvalue weighted by atomic mass is 16.6. The van der Waals surface area contributed by atoms with Crippen LogP contribution in [0.2, 0.25) is 0 Å². The first kappa shape index (κ1) is 12.0. The Morgan fingerprint density at radius 1 is 1.69 bits per heavy atom. The Morgan fingerprint density at radius 2 is 2.25 bits per heavy atom. The predicted octanol–water partition coefficient (Wildman–Crippen LogP) is 0.603. The standard InChI is InChI=1S/C8H12N4O4/c1-8(2,7(13)14)9-6-5(12(15)16)4-11(3)10-6/h4H,1-3H3,(H,9,10)(H,13,14). The van der Waals surface area contributed by atoms with Gasteiger partial charge in [-0.2, -0.15) is 0 Å².